The van der Waals surface area contributed by atoms with Crippen LogP contribution in [0.3, 0.4) is 0 Å². The number of sulfonamides is 1. The third-order valence-electron chi connectivity index (χ3n) is 4.70. The van der Waals surface area contributed by atoms with Gasteiger partial charge in [0.1, 0.15) is 5.75 Å². The Kier molecular flexibility index (Phi) is 6.09. The van der Waals surface area contributed by atoms with Crippen molar-refractivity contribution in [2.45, 2.75) is 4.90 Å². The van der Waals surface area contributed by atoms with Crippen molar-refractivity contribution in [2.24, 2.45) is 4.99 Å². The molecule has 33 heavy (non-hydrogen) atoms. The van der Waals surface area contributed by atoms with Crippen LogP contribution < -0.4 is 9.47 Å². The Morgan fingerprint density at radius 1 is 0.970 bits per heavy atom. The van der Waals surface area contributed by atoms with Crippen LogP contribution >= 0.6 is 0 Å². The molecule has 0 aliphatic carbocycles. The molecule has 3 aromatic carbocycles. The number of benzene rings is 3. The summed E-state index contributed by atoms with van der Waals surface area (Å²) in [4.78, 5) is 12.2. The number of phenols is 1. The predicted octanol–water partition coefficient (Wildman–Crippen LogP) is 4.50. The van der Waals surface area contributed by atoms with Crippen LogP contribution in [-0.4, -0.2) is 43.9 Å². The van der Waals surface area contributed by atoms with Gasteiger partial charge in [0.05, 0.1) is 24.8 Å². The van der Waals surface area contributed by atoms with E-state index in [0.717, 1.165) is 10.8 Å². The van der Waals surface area contributed by atoms with Crippen molar-refractivity contribution in [2.75, 3.05) is 14.2 Å². The fourth-order valence-electron chi connectivity index (χ4n) is 3.07. The largest absolute Gasteiger partial charge is 0.507 e. The van der Waals surface area contributed by atoms with Gasteiger partial charge in [0.25, 0.3) is 0 Å². The molecule has 0 saturated carbocycles. The lowest BCUT2D eigenvalue weighted by Gasteiger charge is -2.17. The zero-order valence-electron chi connectivity index (χ0n) is 17.7. The first-order valence-electron chi connectivity index (χ1n) is 9.69. The molecule has 0 aliphatic heterocycles. The van der Waals surface area contributed by atoms with Crippen LogP contribution in [0, 0.1) is 0 Å². The van der Waals surface area contributed by atoms with Crippen molar-refractivity contribution in [1.82, 2.24) is 9.97 Å². The summed E-state index contributed by atoms with van der Waals surface area (Å²) < 4.78 is 39.1. The molecule has 0 aliphatic rings. The van der Waals surface area contributed by atoms with E-state index < -0.39 is 10.0 Å². The summed E-state index contributed by atoms with van der Waals surface area (Å²) in [5.41, 5.74) is 1.08. The highest BCUT2D eigenvalue weighted by Crippen LogP contribution is 2.31. The molecule has 4 rings (SSSR count). The number of aliphatic imine (C=N–C) groups is 1. The van der Waals surface area contributed by atoms with Gasteiger partial charge in [0, 0.05) is 17.8 Å². The molecule has 1 aromatic heterocycles. The summed E-state index contributed by atoms with van der Waals surface area (Å²) in [5.74, 6) is 0.107. The highest BCUT2D eigenvalue weighted by molar-refractivity contribution is 7.94. The monoisotopic (exact) mass is 463 g/mol. The van der Waals surface area contributed by atoms with Gasteiger partial charge in [-0.25, -0.2) is 8.42 Å². The molecule has 0 unspecified atom stereocenters. The molecule has 4 aromatic rings. The molecule has 9 nitrogen and oxygen atoms in total. The number of phenolic OH excluding ortho intramolecular Hbond substituents is 1. The Bertz CT molecular complexity index is 1420. The summed E-state index contributed by atoms with van der Waals surface area (Å²) >= 11 is 0. The molecular formula is C23H19N4O5S-. The normalized spacial score (nSPS) is 11.6. The number of hydrogen-bond acceptors (Lipinski definition) is 8. The van der Waals surface area contributed by atoms with Gasteiger partial charge in [-0.3, -0.25) is 4.99 Å². The Balaban J connectivity index is 1.57. The van der Waals surface area contributed by atoms with Gasteiger partial charge in [-0.15, -0.1) is 0 Å². The number of nitrogens with zero attached hydrogens (tertiary/aromatic N) is 4. The van der Waals surface area contributed by atoms with E-state index in [1.54, 1.807) is 24.4 Å². The second-order valence-corrected chi connectivity index (χ2v) is 8.40. The molecule has 0 saturated heterocycles. The average molecular weight is 463 g/mol. The summed E-state index contributed by atoms with van der Waals surface area (Å²) in [6, 6.07) is 18.2. The molecule has 0 radical (unpaired) electrons. The van der Waals surface area contributed by atoms with Gasteiger partial charge in [0.2, 0.25) is 21.9 Å². The number of rotatable bonds is 7. The van der Waals surface area contributed by atoms with Crippen LogP contribution in [0.25, 0.3) is 15.5 Å². The SMILES string of the molecule is COc1cc([N-]S(=O)(=O)c2ccc(N=Cc3c(O)ccc4ccccc34)cc2)nc(OC)n1. The zero-order chi connectivity index (χ0) is 23.4. The highest BCUT2D eigenvalue weighted by atomic mass is 32.2. The maximum Gasteiger partial charge on any atom is 0.215 e. The molecule has 0 bridgehead atoms. The van der Waals surface area contributed by atoms with Crippen molar-refractivity contribution >= 4 is 38.5 Å². The van der Waals surface area contributed by atoms with E-state index in [-0.39, 0.29) is 28.4 Å². The van der Waals surface area contributed by atoms with E-state index >= 15 is 0 Å². The first kappa shape index (κ1) is 22.0. The fraction of sp³-hybridized carbons (Fsp3) is 0.0870. The van der Waals surface area contributed by atoms with Gasteiger partial charge < -0.3 is 24.3 Å². The van der Waals surface area contributed by atoms with Crippen LogP contribution in [0.2, 0.25) is 0 Å². The Morgan fingerprint density at radius 3 is 2.45 bits per heavy atom. The number of hydrogen-bond donors (Lipinski definition) is 1. The minimum atomic E-state index is -4.05. The van der Waals surface area contributed by atoms with Gasteiger partial charge in [-0.05, 0) is 46.9 Å². The molecular weight excluding hydrogens is 444 g/mol. The maximum atomic E-state index is 12.7. The van der Waals surface area contributed by atoms with Crippen molar-refractivity contribution < 1.29 is 23.0 Å². The smallest absolute Gasteiger partial charge is 0.215 e. The predicted molar refractivity (Wildman–Crippen MR) is 125 cm³/mol. The minimum Gasteiger partial charge on any atom is -0.507 e. The number of aromatic nitrogens is 2. The molecule has 10 heteroatoms. The van der Waals surface area contributed by atoms with E-state index in [1.165, 1.54) is 32.4 Å². The lowest BCUT2D eigenvalue weighted by atomic mass is 10.0. The maximum absolute atomic E-state index is 12.7. The molecule has 0 fully saturated rings. The number of aromatic hydroxyl groups is 1. The topological polar surface area (TPSA) is 125 Å². The number of ether oxygens (including phenoxy) is 2. The lowest BCUT2D eigenvalue weighted by Crippen LogP contribution is -2.00. The second-order valence-electron chi connectivity index (χ2n) is 6.79. The van der Waals surface area contributed by atoms with Crippen LogP contribution in [0.1, 0.15) is 5.56 Å². The van der Waals surface area contributed by atoms with Crippen molar-refractivity contribution in [3.8, 4) is 17.6 Å². The Morgan fingerprint density at radius 2 is 1.73 bits per heavy atom. The van der Waals surface area contributed by atoms with Gasteiger partial charge in [-0.2, -0.15) is 4.98 Å². The van der Waals surface area contributed by atoms with Crippen molar-refractivity contribution in [3.05, 3.63) is 77.0 Å². The summed E-state index contributed by atoms with van der Waals surface area (Å²) in [5, 5.41) is 12.1. The molecule has 0 amide bonds. The van der Waals surface area contributed by atoms with Crippen molar-refractivity contribution in [3.63, 3.8) is 0 Å². The average Bonchev–Trinajstić information content (AvgIpc) is 2.83. The van der Waals surface area contributed by atoms with E-state index in [1.807, 2.05) is 30.3 Å². The van der Waals surface area contributed by atoms with E-state index in [0.29, 0.717) is 11.3 Å². The van der Waals surface area contributed by atoms with Crippen LogP contribution in [0.4, 0.5) is 11.5 Å². The second kappa shape index (κ2) is 9.13. The Hall–Kier alpha value is -4.18. The molecule has 1 heterocycles. The van der Waals surface area contributed by atoms with Gasteiger partial charge >= 0.3 is 0 Å². The zero-order valence-corrected chi connectivity index (χ0v) is 18.5. The Labute approximate surface area is 190 Å². The summed E-state index contributed by atoms with van der Waals surface area (Å²) in [7, 11) is -1.31. The third kappa shape index (κ3) is 4.85. The molecule has 0 spiro atoms. The van der Waals surface area contributed by atoms with Crippen LogP contribution in [0.15, 0.2) is 76.6 Å². The first-order valence-corrected chi connectivity index (χ1v) is 11.1. The quantitative estimate of drug-likeness (QED) is 0.400. The first-order chi connectivity index (χ1) is 15.9. The van der Waals surface area contributed by atoms with E-state index in [9.17, 15) is 13.5 Å². The van der Waals surface area contributed by atoms with Crippen LogP contribution in [-0.2, 0) is 10.0 Å². The van der Waals surface area contributed by atoms with Crippen LogP contribution in [0.5, 0.6) is 17.6 Å². The fourth-order valence-corrected chi connectivity index (χ4v) is 4.00. The summed E-state index contributed by atoms with van der Waals surface area (Å²) in [6.45, 7) is 0. The summed E-state index contributed by atoms with van der Waals surface area (Å²) in [6.07, 6.45) is 1.55. The molecule has 168 valence electrons. The molecule has 0 atom stereocenters. The van der Waals surface area contributed by atoms with E-state index in [2.05, 4.69) is 19.7 Å². The highest BCUT2D eigenvalue weighted by Gasteiger charge is 2.11. The lowest BCUT2D eigenvalue weighted by molar-refractivity contribution is 0.353. The molecule has 1 N–H and O–H groups in total. The minimum absolute atomic E-state index is 0.0361. The number of fused-ring (bicyclic) bond motifs is 1. The van der Waals surface area contributed by atoms with E-state index in [4.69, 9.17) is 9.47 Å². The third-order valence-corrected chi connectivity index (χ3v) is 5.99. The van der Waals surface area contributed by atoms with Crippen molar-refractivity contribution in [1.29, 1.82) is 0 Å². The van der Waals surface area contributed by atoms with Gasteiger partial charge in [-0.1, -0.05) is 30.3 Å². The standard InChI is InChI=1S/C23H19N4O5S/c1-31-22-13-21(25-23(26-22)32-2)27-33(29,30)17-10-8-16(9-11-17)24-14-19-18-6-4-3-5-15(18)7-12-20(19)28/h3-14H,1-2H3,(H-,24,25,26,27,28)/q-1. The number of methoxy groups -OCH3 is 2. The van der Waals surface area contributed by atoms with Gasteiger partial charge in [0.15, 0.2) is 0 Å².